The molecule has 2 amide bonds. The predicted octanol–water partition coefficient (Wildman–Crippen LogP) is 6.98. The van der Waals surface area contributed by atoms with Crippen LogP contribution in [0.1, 0.15) is 80.7 Å². The lowest BCUT2D eigenvalue weighted by molar-refractivity contribution is -0.125. The molecular weight excluding hydrogens is 420 g/mol. The SMILES string of the molecule is CC(C)c1cccc(C(C)C)c1NC(=O)CC(=O)N1c2ccccc2CCC1c1ccccc1. The number of fused-ring (bicyclic) bond motifs is 1. The molecule has 1 aliphatic rings. The van der Waals surface area contributed by atoms with Crippen LogP contribution in [0.3, 0.4) is 0 Å². The average Bonchev–Trinajstić information content (AvgIpc) is 2.83. The molecule has 1 aliphatic heterocycles. The van der Waals surface area contributed by atoms with Gasteiger partial charge in [0.2, 0.25) is 11.8 Å². The Morgan fingerprint density at radius 3 is 2.12 bits per heavy atom. The second kappa shape index (κ2) is 10.3. The van der Waals surface area contributed by atoms with Crippen molar-refractivity contribution in [2.75, 3.05) is 10.2 Å². The second-order valence-electron chi connectivity index (χ2n) is 9.70. The van der Waals surface area contributed by atoms with Gasteiger partial charge < -0.3 is 10.2 Å². The van der Waals surface area contributed by atoms with Crippen molar-refractivity contribution in [2.24, 2.45) is 0 Å². The number of carbonyl (C=O) groups is 2. The topological polar surface area (TPSA) is 49.4 Å². The molecule has 4 nitrogen and oxygen atoms in total. The minimum Gasteiger partial charge on any atom is -0.325 e. The van der Waals surface area contributed by atoms with Crippen LogP contribution in [0.5, 0.6) is 0 Å². The molecule has 0 bridgehead atoms. The molecule has 1 atom stereocenters. The van der Waals surface area contributed by atoms with Crippen LogP contribution in [0.25, 0.3) is 0 Å². The molecule has 1 heterocycles. The van der Waals surface area contributed by atoms with E-state index in [-0.39, 0.29) is 36.1 Å². The van der Waals surface area contributed by atoms with E-state index in [1.807, 2.05) is 47.4 Å². The quantitative estimate of drug-likeness (QED) is 0.408. The molecule has 1 unspecified atom stereocenters. The summed E-state index contributed by atoms with van der Waals surface area (Å²) >= 11 is 0. The van der Waals surface area contributed by atoms with Gasteiger partial charge in [0, 0.05) is 11.4 Å². The first-order valence-electron chi connectivity index (χ1n) is 12.2. The molecule has 34 heavy (non-hydrogen) atoms. The largest absolute Gasteiger partial charge is 0.325 e. The first-order chi connectivity index (χ1) is 16.4. The fraction of sp³-hybridized carbons (Fsp3) is 0.333. The van der Waals surface area contributed by atoms with Crippen LogP contribution in [0.4, 0.5) is 11.4 Å². The van der Waals surface area contributed by atoms with E-state index in [1.54, 1.807) is 0 Å². The Hall–Kier alpha value is -3.40. The van der Waals surface area contributed by atoms with Crippen LogP contribution in [-0.2, 0) is 16.0 Å². The zero-order valence-corrected chi connectivity index (χ0v) is 20.5. The Morgan fingerprint density at radius 1 is 0.853 bits per heavy atom. The normalized spacial score (nSPS) is 15.4. The third-order valence-electron chi connectivity index (χ3n) is 6.65. The van der Waals surface area contributed by atoms with Gasteiger partial charge in [-0.1, -0.05) is 94.4 Å². The monoisotopic (exact) mass is 454 g/mol. The first-order valence-corrected chi connectivity index (χ1v) is 12.2. The maximum absolute atomic E-state index is 13.6. The summed E-state index contributed by atoms with van der Waals surface area (Å²) in [6.45, 7) is 8.48. The highest BCUT2D eigenvalue weighted by Gasteiger charge is 2.33. The highest BCUT2D eigenvalue weighted by molar-refractivity contribution is 6.10. The lowest BCUT2D eigenvalue weighted by atomic mass is 9.90. The van der Waals surface area contributed by atoms with Gasteiger partial charge in [0.1, 0.15) is 6.42 Å². The number of rotatable bonds is 6. The van der Waals surface area contributed by atoms with E-state index in [4.69, 9.17) is 0 Å². The maximum atomic E-state index is 13.6. The van der Waals surface area contributed by atoms with Crippen LogP contribution < -0.4 is 10.2 Å². The van der Waals surface area contributed by atoms with Crippen molar-refractivity contribution in [3.05, 3.63) is 95.1 Å². The van der Waals surface area contributed by atoms with Crippen LogP contribution in [0.2, 0.25) is 0 Å². The van der Waals surface area contributed by atoms with Crippen molar-refractivity contribution in [2.45, 2.75) is 64.8 Å². The smallest absolute Gasteiger partial charge is 0.237 e. The summed E-state index contributed by atoms with van der Waals surface area (Å²) < 4.78 is 0. The number of para-hydroxylation sites is 2. The lowest BCUT2D eigenvalue weighted by Gasteiger charge is -2.37. The van der Waals surface area contributed by atoms with Gasteiger partial charge in [-0.25, -0.2) is 0 Å². The molecule has 0 aliphatic carbocycles. The molecule has 0 aromatic heterocycles. The number of amides is 2. The molecule has 0 fully saturated rings. The summed E-state index contributed by atoms with van der Waals surface area (Å²) in [6, 6.07) is 24.2. The number of nitrogens with zero attached hydrogens (tertiary/aromatic N) is 1. The third-order valence-corrected chi connectivity index (χ3v) is 6.65. The molecule has 4 heteroatoms. The number of aryl methyl sites for hydroxylation is 1. The molecule has 0 radical (unpaired) electrons. The highest BCUT2D eigenvalue weighted by atomic mass is 16.2. The summed E-state index contributed by atoms with van der Waals surface area (Å²) in [5, 5.41) is 3.10. The fourth-order valence-electron chi connectivity index (χ4n) is 4.95. The van der Waals surface area contributed by atoms with Crippen LogP contribution in [0.15, 0.2) is 72.8 Å². The summed E-state index contributed by atoms with van der Waals surface area (Å²) in [5.41, 5.74) is 6.19. The Bertz CT molecular complexity index is 1140. The zero-order valence-electron chi connectivity index (χ0n) is 20.5. The van der Waals surface area contributed by atoms with Gasteiger partial charge in [0.25, 0.3) is 0 Å². The number of carbonyl (C=O) groups excluding carboxylic acids is 2. The molecule has 3 aromatic rings. The predicted molar refractivity (Wildman–Crippen MR) is 139 cm³/mol. The van der Waals surface area contributed by atoms with Crippen molar-refractivity contribution in [3.8, 4) is 0 Å². The highest BCUT2D eigenvalue weighted by Crippen LogP contribution is 2.39. The van der Waals surface area contributed by atoms with Crippen LogP contribution in [-0.4, -0.2) is 11.8 Å². The van der Waals surface area contributed by atoms with E-state index in [2.05, 4.69) is 63.3 Å². The van der Waals surface area contributed by atoms with Gasteiger partial charge in [-0.05, 0) is 53.0 Å². The van der Waals surface area contributed by atoms with E-state index in [0.717, 1.165) is 46.5 Å². The average molecular weight is 455 g/mol. The number of benzene rings is 3. The summed E-state index contributed by atoms with van der Waals surface area (Å²) in [5.74, 6) is 0.0868. The molecule has 0 saturated carbocycles. The summed E-state index contributed by atoms with van der Waals surface area (Å²) in [6.07, 6.45) is 1.55. The second-order valence-corrected chi connectivity index (χ2v) is 9.70. The van der Waals surface area contributed by atoms with Gasteiger partial charge in [0.15, 0.2) is 0 Å². The summed E-state index contributed by atoms with van der Waals surface area (Å²) in [7, 11) is 0. The number of hydrogen-bond donors (Lipinski definition) is 1. The number of nitrogens with one attached hydrogen (secondary N) is 1. The van der Waals surface area contributed by atoms with Gasteiger partial charge in [-0.3, -0.25) is 9.59 Å². The van der Waals surface area contributed by atoms with Crippen molar-refractivity contribution in [3.63, 3.8) is 0 Å². The fourth-order valence-corrected chi connectivity index (χ4v) is 4.95. The molecule has 0 spiro atoms. The van der Waals surface area contributed by atoms with Crippen molar-refractivity contribution >= 4 is 23.2 Å². The van der Waals surface area contributed by atoms with Gasteiger partial charge in [0.05, 0.1) is 6.04 Å². The Morgan fingerprint density at radius 2 is 1.47 bits per heavy atom. The molecule has 4 rings (SSSR count). The van der Waals surface area contributed by atoms with E-state index < -0.39 is 0 Å². The minimum absolute atomic E-state index is 0.0782. The van der Waals surface area contributed by atoms with E-state index in [1.165, 1.54) is 0 Å². The molecule has 1 N–H and O–H groups in total. The number of anilines is 2. The first kappa shape index (κ1) is 23.7. The van der Waals surface area contributed by atoms with Gasteiger partial charge in [-0.2, -0.15) is 0 Å². The molecule has 176 valence electrons. The third kappa shape index (κ3) is 4.91. The zero-order chi connectivity index (χ0) is 24.2. The van der Waals surface area contributed by atoms with Gasteiger partial charge in [-0.15, -0.1) is 0 Å². The standard InChI is InChI=1S/C30H34N2O2/c1-20(2)24-14-10-15-25(21(3)4)30(24)31-28(33)19-29(34)32-26-16-9-8-13-23(26)17-18-27(32)22-11-6-5-7-12-22/h5-16,20-21,27H,17-19H2,1-4H3,(H,31,33). The van der Waals surface area contributed by atoms with Crippen molar-refractivity contribution in [1.82, 2.24) is 0 Å². The Kier molecular flexibility index (Phi) is 7.16. The lowest BCUT2D eigenvalue weighted by Crippen LogP contribution is -2.40. The maximum Gasteiger partial charge on any atom is 0.237 e. The minimum atomic E-state index is -0.269. The molecule has 0 saturated heterocycles. The summed E-state index contributed by atoms with van der Waals surface area (Å²) in [4.78, 5) is 28.7. The van der Waals surface area contributed by atoms with Crippen LogP contribution >= 0.6 is 0 Å². The molecule has 3 aromatic carbocycles. The van der Waals surface area contributed by atoms with Crippen molar-refractivity contribution in [1.29, 1.82) is 0 Å². The molecular formula is C30H34N2O2. The van der Waals surface area contributed by atoms with Crippen molar-refractivity contribution < 1.29 is 9.59 Å². The van der Waals surface area contributed by atoms with E-state index in [9.17, 15) is 9.59 Å². The number of hydrogen-bond acceptors (Lipinski definition) is 2. The van der Waals surface area contributed by atoms with Crippen LogP contribution in [0, 0.1) is 0 Å². The van der Waals surface area contributed by atoms with E-state index in [0.29, 0.717) is 0 Å². The Labute approximate surface area is 203 Å². The van der Waals surface area contributed by atoms with Gasteiger partial charge >= 0.3 is 0 Å². The van der Waals surface area contributed by atoms with E-state index >= 15 is 0 Å². The Balaban J connectivity index is 1.62.